The molecule has 1 atom stereocenters. The first-order valence-electron chi connectivity index (χ1n) is 7.04. The Bertz CT molecular complexity index is 567. The van der Waals surface area contributed by atoms with Crippen molar-refractivity contribution in [3.05, 3.63) is 47.8 Å². The van der Waals surface area contributed by atoms with Crippen LogP contribution in [0.4, 0.5) is 4.39 Å². The summed E-state index contributed by atoms with van der Waals surface area (Å²) in [7, 11) is 0. The molecule has 0 spiro atoms. The van der Waals surface area contributed by atoms with E-state index in [1.54, 1.807) is 18.7 Å². The zero-order valence-corrected chi connectivity index (χ0v) is 11.7. The summed E-state index contributed by atoms with van der Waals surface area (Å²) in [4.78, 5) is 6.39. The number of aryl methyl sites for hydroxylation is 1. The maximum absolute atomic E-state index is 13.4. The number of benzene rings is 1. The van der Waals surface area contributed by atoms with Gasteiger partial charge < -0.3 is 0 Å². The smallest absolute Gasteiger partial charge is 0.137 e. The Hall–Kier alpha value is -1.75. The Kier molecular flexibility index (Phi) is 3.78. The molecule has 1 fully saturated rings. The fraction of sp³-hybridized carbons (Fsp3) is 0.467. The van der Waals surface area contributed by atoms with Gasteiger partial charge in [-0.15, -0.1) is 0 Å². The third-order valence-electron chi connectivity index (χ3n) is 4.00. The van der Waals surface area contributed by atoms with Crippen LogP contribution >= 0.6 is 0 Å². The van der Waals surface area contributed by atoms with E-state index in [9.17, 15) is 4.39 Å². The Morgan fingerprint density at radius 2 is 2.30 bits per heavy atom. The van der Waals surface area contributed by atoms with Gasteiger partial charge in [-0.2, -0.15) is 5.10 Å². The van der Waals surface area contributed by atoms with Gasteiger partial charge in [-0.3, -0.25) is 4.90 Å². The predicted molar refractivity (Wildman–Crippen MR) is 74.7 cm³/mol. The maximum Gasteiger partial charge on any atom is 0.137 e. The van der Waals surface area contributed by atoms with Crippen molar-refractivity contribution < 1.29 is 4.39 Å². The molecule has 1 aliphatic heterocycles. The molecule has 1 saturated heterocycles. The van der Waals surface area contributed by atoms with Crippen LogP contribution < -0.4 is 0 Å². The lowest BCUT2D eigenvalue weighted by Crippen LogP contribution is -2.36. The lowest BCUT2D eigenvalue weighted by molar-refractivity contribution is 0.162. The molecule has 0 amide bonds. The summed E-state index contributed by atoms with van der Waals surface area (Å²) < 4.78 is 15.3. The molecule has 0 saturated carbocycles. The highest BCUT2D eigenvalue weighted by Crippen LogP contribution is 2.22. The molecule has 4 nitrogen and oxygen atoms in total. The van der Waals surface area contributed by atoms with Gasteiger partial charge in [-0.25, -0.2) is 14.1 Å². The maximum atomic E-state index is 13.4. The van der Waals surface area contributed by atoms with Gasteiger partial charge in [0.1, 0.15) is 18.5 Å². The number of hydrogen-bond acceptors (Lipinski definition) is 3. The van der Waals surface area contributed by atoms with E-state index >= 15 is 0 Å². The molecule has 5 heteroatoms. The minimum atomic E-state index is -0.157. The molecule has 0 bridgehead atoms. The van der Waals surface area contributed by atoms with Crippen LogP contribution in [-0.4, -0.2) is 32.8 Å². The van der Waals surface area contributed by atoms with E-state index < -0.39 is 0 Å². The monoisotopic (exact) mass is 274 g/mol. The van der Waals surface area contributed by atoms with Gasteiger partial charge in [-0.1, -0.05) is 6.07 Å². The van der Waals surface area contributed by atoms with Gasteiger partial charge in [0, 0.05) is 13.1 Å². The van der Waals surface area contributed by atoms with Crippen LogP contribution in [0.5, 0.6) is 0 Å². The highest BCUT2D eigenvalue weighted by atomic mass is 19.1. The number of rotatable bonds is 3. The van der Waals surface area contributed by atoms with Crippen molar-refractivity contribution in [3.63, 3.8) is 0 Å². The SMILES string of the molecule is Cc1ccc(F)cc1CN1CCC[C@@H](n2cncn2)C1. The summed E-state index contributed by atoms with van der Waals surface area (Å²) in [6, 6.07) is 5.39. The normalized spacial score (nSPS) is 20.2. The summed E-state index contributed by atoms with van der Waals surface area (Å²) in [6.07, 6.45) is 5.62. The number of halogens is 1. The van der Waals surface area contributed by atoms with Gasteiger partial charge in [0.15, 0.2) is 0 Å². The van der Waals surface area contributed by atoms with E-state index in [0.29, 0.717) is 6.04 Å². The summed E-state index contributed by atoms with van der Waals surface area (Å²) in [5.74, 6) is -0.157. The van der Waals surface area contributed by atoms with Crippen LogP contribution in [-0.2, 0) is 6.54 Å². The van der Waals surface area contributed by atoms with Crippen molar-refractivity contribution in [3.8, 4) is 0 Å². The van der Waals surface area contributed by atoms with Gasteiger partial charge in [0.05, 0.1) is 6.04 Å². The minimum absolute atomic E-state index is 0.157. The highest BCUT2D eigenvalue weighted by molar-refractivity contribution is 5.26. The molecule has 0 N–H and O–H groups in total. The average Bonchev–Trinajstić information content (AvgIpc) is 2.97. The molecule has 1 aromatic carbocycles. The molecule has 0 radical (unpaired) electrons. The van der Waals surface area contributed by atoms with Crippen LogP contribution in [0.25, 0.3) is 0 Å². The second-order valence-corrected chi connectivity index (χ2v) is 5.48. The largest absolute Gasteiger partial charge is 0.297 e. The van der Waals surface area contributed by atoms with E-state index in [4.69, 9.17) is 0 Å². The van der Waals surface area contributed by atoms with Crippen molar-refractivity contribution in [2.24, 2.45) is 0 Å². The summed E-state index contributed by atoms with van der Waals surface area (Å²) in [6.45, 7) is 4.84. The van der Waals surface area contributed by atoms with Gasteiger partial charge >= 0.3 is 0 Å². The fourth-order valence-corrected chi connectivity index (χ4v) is 2.85. The number of nitrogens with zero attached hydrogens (tertiary/aromatic N) is 4. The zero-order valence-electron chi connectivity index (χ0n) is 11.7. The Balaban J connectivity index is 1.70. The van der Waals surface area contributed by atoms with Crippen LogP contribution in [0.3, 0.4) is 0 Å². The standard InChI is InChI=1S/C15H19FN4/c1-12-4-5-14(16)7-13(12)8-19-6-2-3-15(9-19)20-11-17-10-18-20/h4-5,7,10-11,15H,2-3,6,8-9H2,1H3/t15-/m1/s1. The Morgan fingerprint density at radius 1 is 1.40 bits per heavy atom. The number of hydrogen-bond donors (Lipinski definition) is 0. The first-order chi connectivity index (χ1) is 9.72. The van der Waals surface area contributed by atoms with E-state index in [-0.39, 0.29) is 5.82 Å². The Labute approximate surface area is 118 Å². The third-order valence-corrected chi connectivity index (χ3v) is 4.00. The van der Waals surface area contributed by atoms with Crippen molar-refractivity contribution >= 4 is 0 Å². The van der Waals surface area contributed by atoms with E-state index in [1.807, 2.05) is 17.7 Å². The molecular weight excluding hydrogens is 255 g/mol. The number of piperidine rings is 1. The molecular formula is C15H19FN4. The fourth-order valence-electron chi connectivity index (χ4n) is 2.85. The lowest BCUT2D eigenvalue weighted by Gasteiger charge is -2.32. The third kappa shape index (κ3) is 2.88. The first kappa shape index (κ1) is 13.2. The summed E-state index contributed by atoms with van der Waals surface area (Å²) in [5, 5.41) is 4.23. The van der Waals surface area contributed by atoms with Crippen LogP contribution in [0.1, 0.15) is 30.0 Å². The Morgan fingerprint density at radius 3 is 3.10 bits per heavy atom. The summed E-state index contributed by atoms with van der Waals surface area (Å²) in [5.41, 5.74) is 2.22. The van der Waals surface area contributed by atoms with Crippen molar-refractivity contribution in [1.82, 2.24) is 19.7 Å². The van der Waals surface area contributed by atoms with Crippen molar-refractivity contribution in [1.29, 1.82) is 0 Å². The van der Waals surface area contributed by atoms with E-state index in [1.165, 1.54) is 6.07 Å². The quantitative estimate of drug-likeness (QED) is 0.862. The molecule has 1 aliphatic rings. The number of aromatic nitrogens is 3. The molecule has 2 aromatic rings. The molecule has 2 heterocycles. The van der Waals surface area contributed by atoms with Gasteiger partial charge in [0.25, 0.3) is 0 Å². The van der Waals surface area contributed by atoms with Gasteiger partial charge in [-0.05, 0) is 49.6 Å². The van der Waals surface area contributed by atoms with Crippen LogP contribution in [0, 0.1) is 12.7 Å². The molecule has 0 unspecified atom stereocenters. The second-order valence-electron chi connectivity index (χ2n) is 5.48. The lowest BCUT2D eigenvalue weighted by atomic mass is 10.0. The molecule has 0 aliphatic carbocycles. The topological polar surface area (TPSA) is 34.0 Å². The summed E-state index contributed by atoms with van der Waals surface area (Å²) >= 11 is 0. The predicted octanol–water partition coefficient (Wildman–Crippen LogP) is 2.56. The first-order valence-corrected chi connectivity index (χ1v) is 7.04. The van der Waals surface area contributed by atoms with Crippen molar-refractivity contribution in [2.45, 2.75) is 32.4 Å². The molecule has 20 heavy (non-hydrogen) atoms. The molecule has 106 valence electrons. The molecule has 1 aromatic heterocycles. The highest BCUT2D eigenvalue weighted by Gasteiger charge is 2.22. The average molecular weight is 274 g/mol. The van der Waals surface area contributed by atoms with Crippen molar-refractivity contribution in [2.75, 3.05) is 13.1 Å². The second kappa shape index (κ2) is 5.71. The zero-order chi connectivity index (χ0) is 13.9. The van der Waals surface area contributed by atoms with Gasteiger partial charge in [0.2, 0.25) is 0 Å². The minimum Gasteiger partial charge on any atom is -0.297 e. The van der Waals surface area contributed by atoms with E-state index in [0.717, 1.165) is 43.6 Å². The van der Waals surface area contributed by atoms with Crippen LogP contribution in [0.15, 0.2) is 30.9 Å². The van der Waals surface area contributed by atoms with E-state index in [2.05, 4.69) is 15.0 Å². The molecule has 3 rings (SSSR count). The van der Waals surface area contributed by atoms with Crippen LogP contribution in [0.2, 0.25) is 0 Å². The number of likely N-dealkylation sites (tertiary alicyclic amines) is 1.